The third-order valence-corrected chi connectivity index (χ3v) is 3.96. The summed E-state index contributed by atoms with van der Waals surface area (Å²) in [6, 6.07) is 5.57. The molecule has 0 aliphatic heterocycles. The van der Waals surface area contributed by atoms with E-state index in [2.05, 4.69) is 31.1 Å². The second kappa shape index (κ2) is 6.63. The summed E-state index contributed by atoms with van der Waals surface area (Å²) in [5.74, 6) is 1.94. The molecule has 5 heteroatoms. The number of aromatic nitrogens is 2. The minimum atomic E-state index is 0.254. The summed E-state index contributed by atoms with van der Waals surface area (Å²) >= 11 is 12.1. The molecule has 3 nitrogen and oxygen atoms in total. The van der Waals surface area contributed by atoms with Crippen molar-refractivity contribution in [2.75, 3.05) is 11.9 Å². The Bertz CT molecular complexity index is 654. The van der Waals surface area contributed by atoms with Gasteiger partial charge in [0.1, 0.15) is 11.6 Å². The Morgan fingerprint density at radius 2 is 1.86 bits per heavy atom. The van der Waals surface area contributed by atoms with E-state index in [0.29, 0.717) is 10.0 Å². The van der Waals surface area contributed by atoms with Crippen LogP contribution in [0.3, 0.4) is 0 Å². The van der Waals surface area contributed by atoms with E-state index in [0.717, 1.165) is 35.0 Å². The molecule has 1 N–H and O–H groups in total. The van der Waals surface area contributed by atoms with E-state index in [4.69, 9.17) is 28.2 Å². The van der Waals surface area contributed by atoms with Crippen molar-refractivity contribution in [3.8, 4) is 11.3 Å². The fourth-order valence-electron chi connectivity index (χ4n) is 2.06. The van der Waals surface area contributed by atoms with Crippen molar-refractivity contribution in [1.29, 1.82) is 0 Å². The van der Waals surface area contributed by atoms with Crippen LogP contribution in [0.1, 0.15) is 38.1 Å². The number of nitrogens with zero attached hydrogens (tertiary/aromatic N) is 2. The lowest BCUT2D eigenvalue weighted by molar-refractivity contribution is 0.774. The molecule has 0 aliphatic carbocycles. The van der Waals surface area contributed by atoms with E-state index < -0.39 is 0 Å². The first-order valence-electron chi connectivity index (χ1n) is 7.01. The largest absolute Gasteiger partial charge is 0.370 e. The number of nitrogens with one attached hydrogen (secondary N) is 1. The Morgan fingerprint density at radius 3 is 2.43 bits per heavy atom. The minimum Gasteiger partial charge on any atom is -0.370 e. The highest BCUT2D eigenvalue weighted by atomic mass is 35.5. The standard InChI is InChI=1S/C16H19Cl2N3/c1-5-19-16-10(4)14(20-15(21-16)9(2)3)11-6-7-12(17)13(18)8-11/h6-9H,5H2,1-4H3,(H,19,20,21). The second-order valence-electron chi connectivity index (χ2n) is 5.22. The van der Waals surface area contributed by atoms with Gasteiger partial charge in [0, 0.05) is 23.6 Å². The predicted octanol–water partition coefficient (Wildman–Crippen LogP) is 5.31. The molecule has 0 radical (unpaired) electrons. The topological polar surface area (TPSA) is 37.8 Å². The zero-order chi connectivity index (χ0) is 15.6. The maximum Gasteiger partial charge on any atom is 0.133 e. The van der Waals surface area contributed by atoms with Gasteiger partial charge in [0.25, 0.3) is 0 Å². The number of halogens is 2. The molecule has 21 heavy (non-hydrogen) atoms. The summed E-state index contributed by atoms with van der Waals surface area (Å²) in [4.78, 5) is 9.31. The lowest BCUT2D eigenvalue weighted by Crippen LogP contribution is -2.08. The monoisotopic (exact) mass is 323 g/mol. The second-order valence-corrected chi connectivity index (χ2v) is 6.03. The van der Waals surface area contributed by atoms with Crippen LogP contribution in [-0.2, 0) is 0 Å². The maximum absolute atomic E-state index is 6.13. The molecule has 1 heterocycles. The number of benzene rings is 1. The van der Waals surface area contributed by atoms with Gasteiger partial charge in [-0.3, -0.25) is 0 Å². The Kier molecular flexibility index (Phi) is 5.07. The van der Waals surface area contributed by atoms with Crippen LogP contribution >= 0.6 is 23.2 Å². The van der Waals surface area contributed by atoms with Gasteiger partial charge < -0.3 is 5.32 Å². The molecule has 1 aromatic heterocycles. The molecule has 0 saturated heterocycles. The zero-order valence-corrected chi connectivity index (χ0v) is 14.2. The van der Waals surface area contributed by atoms with Crippen LogP contribution in [0.4, 0.5) is 5.82 Å². The SMILES string of the molecule is CCNc1nc(C(C)C)nc(-c2ccc(Cl)c(Cl)c2)c1C. The van der Waals surface area contributed by atoms with E-state index in [1.807, 2.05) is 19.1 Å². The molecule has 2 aromatic rings. The smallest absolute Gasteiger partial charge is 0.133 e. The minimum absolute atomic E-state index is 0.254. The van der Waals surface area contributed by atoms with Crippen molar-refractivity contribution < 1.29 is 0 Å². The average Bonchev–Trinajstić information content (AvgIpc) is 2.44. The van der Waals surface area contributed by atoms with Gasteiger partial charge in [-0.2, -0.15) is 0 Å². The lowest BCUT2D eigenvalue weighted by Gasteiger charge is -2.15. The molecule has 0 unspecified atom stereocenters. The van der Waals surface area contributed by atoms with Crippen molar-refractivity contribution in [3.63, 3.8) is 0 Å². The Morgan fingerprint density at radius 1 is 1.14 bits per heavy atom. The van der Waals surface area contributed by atoms with Gasteiger partial charge in [0.15, 0.2) is 0 Å². The molecule has 0 saturated carbocycles. The number of hydrogen-bond acceptors (Lipinski definition) is 3. The summed E-state index contributed by atoms with van der Waals surface area (Å²) in [7, 11) is 0. The highest BCUT2D eigenvalue weighted by Crippen LogP contribution is 2.32. The van der Waals surface area contributed by atoms with Gasteiger partial charge in [-0.25, -0.2) is 9.97 Å². The summed E-state index contributed by atoms with van der Waals surface area (Å²) < 4.78 is 0. The molecular weight excluding hydrogens is 305 g/mol. The van der Waals surface area contributed by atoms with Crippen molar-refractivity contribution in [2.45, 2.75) is 33.6 Å². The average molecular weight is 324 g/mol. The quantitative estimate of drug-likeness (QED) is 0.828. The molecule has 0 amide bonds. The Balaban J connectivity index is 2.62. The molecule has 112 valence electrons. The first-order chi connectivity index (χ1) is 9.93. The molecule has 2 rings (SSSR count). The molecule has 0 aliphatic rings. The Labute approximate surface area is 135 Å². The van der Waals surface area contributed by atoms with Crippen LogP contribution < -0.4 is 5.32 Å². The van der Waals surface area contributed by atoms with Gasteiger partial charge in [0.2, 0.25) is 0 Å². The number of hydrogen-bond donors (Lipinski definition) is 1. The number of rotatable bonds is 4. The van der Waals surface area contributed by atoms with Crippen LogP contribution in [0.15, 0.2) is 18.2 Å². The van der Waals surface area contributed by atoms with E-state index in [-0.39, 0.29) is 5.92 Å². The van der Waals surface area contributed by atoms with E-state index in [1.165, 1.54) is 0 Å². The van der Waals surface area contributed by atoms with Crippen LogP contribution in [0.5, 0.6) is 0 Å². The zero-order valence-electron chi connectivity index (χ0n) is 12.7. The highest BCUT2D eigenvalue weighted by Gasteiger charge is 2.15. The third-order valence-electron chi connectivity index (χ3n) is 3.22. The maximum atomic E-state index is 6.13. The van der Waals surface area contributed by atoms with E-state index in [9.17, 15) is 0 Å². The fourth-order valence-corrected chi connectivity index (χ4v) is 2.35. The van der Waals surface area contributed by atoms with E-state index >= 15 is 0 Å². The van der Waals surface area contributed by atoms with Gasteiger partial charge in [-0.05, 0) is 26.0 Å². The molecule has 0 bridgehead atoms. The molecule has 0 fully saturated rings. The first-order valence-corrected chi connectivity index (χ1v) is 7.77. The van der Waals surface area contributed by atoms with Crippen molar-refractivity contribution in [2.24, 2.45) is 0 Å². The van der Waals surface area contributed by atoms with E-state index in [1.54, 1.807) is 6.07 Å². The van der Waals surface area contributed by atoms with Gasteiger partial charge in [0.05, 0.1) is 15.7 Å². The van der Waals surface area contributed by atoms with Crippen LogP contribution in [0, 0.1) is 6.92 Å². The van der Waals surface area contributed by atoms with Crippen molar-refractivity contribution in [3.05, 3.63) is 39.6 Å². The Hall–Kier alpha value is -1.32. The van der Waals surface area contributed by atoms with Crippen LogP contribution in [-0.4, -0.2) is 16.5 Å². The third kappa shape index (κ3) is 3.47. The molecule has 1 aromatic carbocycles. The van der Waals surface area contributed by atoms with Crippen LogP contribution in [0.2, 0.25) is 10.0 Å². The first kappa shape index (κ1) is 16.1. The lowest BCUT2D eigenvalue weighted by atomic mass is 10.1. The summed E-state index contributed by atoms with van der Waals surface area (Å²) in [5, 5.41) is 4.37. The van der Waals surface area contributed by atoms with Crippen molar-refractivity contribution >= 4 is 29.0 Å². The van der Waals surface area contributed by atoms with Crippen LogP contribution in [0.25, 0.3) is 11.3 Å². The van der Waals surface area contributed by atoms with Gasteiger partial charge in [-0.15, -0.1) is 0 Å². The summed E-state index contributed by atoms with van der Waals surface area (Å²) in [6.07, 6.45) is 0. The van der Waals surface area contributed by atoms with Crippen molar-refractivity contribution in [1.82, 2.24) is 9.97 Å². The van der Waals surface area contributed by atoms with Gasteiger partial charge in [-0.1, -0.05) is 43.1 Å². The normalized spacial score (nSPS) is 11.0. The summed E-state index contributed by atoms with van der Waals surface area (Å²) in [5.41, 5.74) is 2.85. The highest BCUT2D eigenvalue weighted by molar-refractivity contribution is 6.42. The number of anilines is 1. The molecule has 0 atom stereocenters. The van der Waals surface area contributed by atoms with Gasteiger partial charge >= 0.3 is 0 Å². The summed E-state index contributed by atoms with van der Waals surface area (Å²) in [6.45, 7) is 9.05. The molecular formula is C16H19Cl2N3. The molecule has 0 spiro atoms. The predicted molar refractivity (Wildman–Crippen MR) is 90.5 cm³/mol. The fraction of sp³-hybridized carbons (Fsp3) is 0.375.